The minimum Gasteiger partial charge on any atom is -0.495 e. The van der Waals surface area contributed by atoms with Crippen molar-refractivity contribution in [1.29, 1.82) is 0 Å². The number of hydrogen-bond donors (Lipinski definition) is 2. The van der Waals surface area contributed by atoms with Crippen LogP contribution in [0.3, 0.4) is 0 Å². The highest BCUT2D eigenvalue weighted by atomic mass is 16.5. The third-order valence-electron chi connectivity index (χ3n) is 6.63. The molecule has 0 bridgehead atoms. The van der Waals surface area contributed by atoms with Crippen LogP contribution in [0.15, 0.2) is 36.5 Å². The molecule has 1 saturated carbocycles. The largest absolute Gasteiger partial charge is 0.495 e. The molecule has 1 aromatic heterocycles. The molecule has 1 atom stereocenters. The van der Waals surface area contributed by atoms with Gasteiger partial charge in [-0.3, -0.25) is 5.32 Å². The van der Waals surface area contributed by atoms with Crippen LogP contribution < -0.4 is 15.4 Å². The maximum absolute atomic E-state index is 12.5. The SMILES string of the molecule is COc1ccccc1NC(=O)Nc1ccnn1C1CCN([C@H](C)CC2(C)CC2)CC1. The smallest absolute Gasteiger partial charge is 0.324 e. The van der Waals surface area contributed by atoms with Crippen molar-refractivity contribution in [2.75, 3.05) is 30.8 Å². The van der Waals surface area contributed by atoms with Gasteiger partial charge in [-0.15, -0.1) is 0 Å². The Labute approximate surface area is 178 Å². The third-order valence-corrected chi connectivity index (χ3v) is 6.63. The Bertz CT molecular complexity index is 868. The number of aromatic nitrogens is 2. The van der Waals surface area contributed by atoms with Gasteiger partial charge in [-0.2, -0.15) is 5.10 Å². The van der Waals surface area contributed by atoms with Crippen molar-refractivity contribution in [3.8, 4) is 5.75 Å². The zero-order chi connectivity index (χ0) is 21.1. The van der Waals surface area contributed by atoms with Crippen molar-refractivity contribution >= 4 is 17.5 Å². The Balaban J connectivity index is 1.33. The van der Waals surface area contributed by atoms with Gasteiger partial charge in [0.15, 0.2) is 0 Å². The summed E-state index contributed by atoms with van der Waals surface area (Å²) in [6, 6.07) is 9.86. The van der Waals surface area contributed by atoms with Crippen molar-refractivity contribution in [2.45, 2.75) is 58.0 Å². The zero-order valence-electron chi connectivity index (χ0n) is 18.2. The Kier molecular flexibility index (Phi) is 5.99. The first kappa shape index (κ1) is 20.7. The fourth-order valence-corrected chi connectivity index (χ4v) is 4.55. The molecule has 7 heteroatoms. The van der Waals surface area contributed by atoms with E-state index in [1.165, 1.54) is 19.3 Å². The highest BCUT2D eigenvalue weighted by Crippen LogP contribution is 2.49. The van der Waals surface area contributed by atoms with Gasteiger partial charge in [0.25, 0.3) is 0 Å². The second kappa shape index (κ2) is 8.68. The van der Waals surface area contributed by atoms with Gasteiger partial charge in [0.1, 0.15) is 11.6 Å². The maximum atomic E-state index is 12.5. The summed E-state index contributed by atoms with van der Waals surface area (Å²) in [6.45, 7) is 6.93. The lowest BCUT2D eigenvalue weighted by molar-refractivity contribution is 0.122. The second-order valence-corrected chi connectivity index (χ2v) is 9.07. The molecular weight excluding hydrogens is 378 g/mol. The first-order chi connectivity index (χ1) is 14.5. The molecule has 2 aliphatic rings. The molecule has 7 nitrogen and oxygen atoms in total. The first-order valence-corrected chi connectivity index (χ1v) is 11.0. The lowest BCUT2D eigenvalue weighted by atomic mass is 9.96. The van der Waals surface area contributed by atoms with Crippen molar-refractivity contribution in [3.05, 3.63) is 36.5 Å². The van der Waals surface area contributed by atoms with Crippen molar-refractivity contribution in [2.24, 2.45) is 5.41 Å². The van der Waals surface area contributed by atoms with E-state index in [0.717, 1.165) is 31.7 Å². The molecular formula is C23H33N5O2. The molecule has 1 saturated heterocycles. The van der Waals surface area contributed by atoms with Gasteiger partial charge in [-0.05, 0) is 56.6 Å². The number of urea groups is 1. The number of carbonyl (C=O) groups excluding carboxylic acids is 1. The molecule has 2 fully saturated rings. The van der Waals surface area contributed by atoms with Crippen LogP contribution in [0.5, 0.6) is 5.75 Å². The van der Waals surface area contributed by atoms with Crippen LogP contribution >= 0.6 is 0 Å². The molecule has 1 aliphatic carbocycles. The lowest BCUT2D eigenvalue weighted by Gasteiger charge is -2.37. The molecule has 30 heavy (non-hydrogen) atoms. The standard InChI is InChI=1S/C23H33N5O2/c1-17(16-23(2)11-12-23)27-14-9-18(10-15-27)28-21(8-13-24-28)26-22(29)25-19-6-4-5-7-20(19)30-3/h4-8,13,17-18H,9-12,14-16H2,1-3H3,(H2,25,26,29)/t17-/m1/s1. The van der Waals surface area contributed by atoms with Crippen LogP contribution in [0.25, 0.3) is 0 Å². The van der Waals surface area contributed by atoms with Crippen LogP contribution in [0, 0.1) is 5.41 Å². The number of methoxy groups -OCH3 is 1. The van der Waals surface area contributed by atoms with Crippen LogP contribution in [0.2, 0.25) is 0 Å². The Morgan fingerprint density at radius 1 is 1.23 bits per heavy atom. The molecule has 2 heterocycles. The molecule has 0 unspecified atom stereocenters. The first-order valence-electron chi connectivity index (χ1n) is 11.0. The number of piperidine rings is 1. The predicted molar refractivity (Wildman–Crippen MR) is 119 cm³/mol. The van der Waals surface area contributed by atoms with Crippen molar-refractivity contribution in [1.82, 2.24) is 14.7 Å². The number of anilines is 2. The summed E-state index contributed by atoms with van der Waals surface area (Å²) < 4.78 is 7.26. The second-order valence-electron chi connectivity index (χ2n) is 9.07. The number of amides is 2. The van der Waals surface area contributed by atoms with E-state index < -0.39 is 0 Å². The van der Waals surface area contributed by atoms with E-state index in [2.05, 4.69) is 34.5 Å². The number of nitrogens with one attached hydrogen (secondary N) is 2. The number of carbonyl (C=O) groups is 1. The number of rotatable bonds is 7. The van der Waals surface area contributed by atoms with Gasteiger partial charge in [0.05, 0.1) is 25.0 Å². The van der Waals surface area contributed by atoms with E-state index in [9.17, 15) is 4.79 Å². The van der Waals surface area contributed by atoms with E-state index in [4.69, 9.17) is 4.74 Å². The average Bonchev–Trinajstić information content (AvgIpc) is 3.29. The monoisotopic (exact) mass is 411 g/mol. The van der Waals surface area contributed by atoms with Crippen LogP contribution in [0.1, 0.15) is 52.0 Å². The van der Waals surface area contributed by atoms with E-state index in [1.54, 1.807) is 13.3 Å². The quantitative estimate of drug-likeness (QED) is 0.690. The summed E-state index contributed by atoms with van der Waals surface area (Å²) in [5.41, 5.74) is 1.22. The highest BCUT2D eigenvalue weighted by molar-refractivity contribution is 6.00. The number of para-hydroxylation sites is 2. The van der Waals surface area contributed by atoms with Gasteiger partial charge in [-0.25, -0.2) is 9.48 Å². The van der Waals surface area contributed by atoms with E-state index in [-0.39, 0.29) is 6.03 Å². The average molecular weight is 412 g/mol. The lowest BCUT2D eigenvalue weighted by Crippen LogP contribution is -2.41. The van der Waals surface area contributed by atoms with Crippen LogP contribution in [-0.4, -0.2) is 47.0 Å². The predicted octanol–water partition coefficient (Wildman–Crippen LogP) is 4.75. The molecule has 2 N–H and O–H groups in total. The highest BCUT2D eigenvalue weighted by Gasteiger charge is 2.39. The van der Waals surface area contributed by atoms with Crippen LogP contribution in [0.4, 0.5) is 16.3 Å². The Hall–Kier alpha value is -2.54. The molecule has 2 aromatic rings. The molecule has 0 radical (unpaired) electrons. The van der Waals surface area contributed by atoms with Gasteiger partial charge in [0.2, 0.25) is 0 Å². The summed E-state index contributed by atoms with van der Waals surface area (Å²) in [5, 5.41) is 10.3. The van der Waals surface area contributed by atoms with Gasteiger partial charge < -0.3 is 15.0 Å². The molecule has 4 rings (SSSR count). The number of hydrogen-bond acceptors (Lipinski definition) is 4. The van der Waals surface area contributed by atoms with E-state index in [1.807, 2.05) is 35.0 Å². The number of benzene rings is 1. The Morgan fingerprint density at radius 2 is 1.97 bits per heavy atom. The maximum Gasteiger partial charge on any atom is 0.324 e. The molecule has 2 amide bonds. The summed E-state index contributed by atoms with van der Waals surface area (Å²) >= 11 is 0. The number of likely N-dealkylation sites (tertiary alicyclic amines) is 1. The summed E-state index contributed by atoms with van der Waals surface area (Å²) in [5.74, 6) is 1.35. The normalized spacial score (nSPS) is 19.8. The fraction of sp³-hybridized carbons (Fsp3) is 0.565. The minimum atomic E-state index is -0.301. The minimum absolute atomic E-state index is 0.301. The molecule has 1 aliphatic heterocycles. The fourth-order valence-electron chi connectivity index (χ4n) is 4.55. The topological polar surface area (TPSA) is 71.4 Å². The summed E-state index contributed by atoms with van der Waals surface area (Å²) in [4.78, 5) is 15.2. The van der Waals surface area contributed by atoms with Gasteiger partial charge in [-0.1, -0.05) is 19.1 Å². The number of ether oxygens (including phenoxy) is 1. The third kappa shape index (κ3) is 4.78. The van der Waals surface area contributed by atoms with Crippen molar-refractivity contribution < 1.29 is 9.53 Å². The van der Waals surface area contributed by atoms with Gasteiger partial charge in [0, 0.05) is 25.2 Å². The van der Waals surface area contributed by atoms with Crippen LogP contribution in [-0.2, 0) is 0 Å². The molecule has 162 valence electrons. The summed E-state index contributed by atoms with van der Waals surface area (Å²) in [6.07, 6.45) is 7.91. The summed E-state index contributed by atoms with van der Waals surface area (Å²) in [7, 11) is 1.59. The number of nitrogens with zero attached hydrogens (tertiary/aromatic N) is 3. The van der Waals surface area contributed by atoms with Crippen molar-refractivity contribution in [3.63, 3.8) is 0 Å². The Morgan fingerprint density at radius 3 is 2.67 bits per heavy atom. The zero-order valence-corrected chi connectivity index (χ0v) is 18.2. The molecule has 0 spiro atoms. The van der Waals surface area contributed by atoms with Gasteiger partial charge >= 0.3 is 6.03 Å². The van der Waals surface area contributed by atoms with E-state index >= 15 is 0 Å². The molecule has 1 aromatic carbocycles. The van der Waals surface area contributed by atoms with E-state index in [0.29, 0.717) is 28.9 Å².